The molecule has 0 aliphatic heterocycles. The minimum absolute atomic E-state index is 0.304. The highest BCUT2D eigenvalue weighted by Gasteiger charge is 2.27. The van der Waals surface area contributed by atoms with Gasteiger partial charge in [0.1, 0.15) is 6.10 Å². The summed E-state index contributed by atoms with van der Waals surface area (Å²) in [5.74, 6) is 0. The van der Waals surface area contributed by atoms with Crippen LogP contribution in [0.25, 0.3) is 0 Å². The summed E-state index contributed by atoms with van der Waals surface area (Å²) in [4.78, 5) is 11.7. The van der Waals surface area contributed by atoms with Crippen molar-refractivity contribution in [1.82, 2.24) is 5.32 Å². The molecule has 0 aliphatic carbocycles. The first kappa shape index (κ1) is 28.1. The molecule has 1 amide bonds. The summed E-state index contributed by atoms with van der Waals surface area (Å²) >= 11 is 0. The summed E-state index contributed by atoms with van der Waals surface area (Å²) in [5, 5.41) is 32.2. The standard InChI is InChI=1S/C23H47NO5/c1-3-5-7-8-9-10-11-12-13-14-15-16-17-21(26)22(27)20(19-25)24-23(28)29-18-6-4-2/h20-22,25-27H,3-19H2,1-2H3,(H,24,28)/t20-,21+,22-/m0/s1. The third kappa shape index (κ3) is 16.6. The summed E-state index contributed by atoms with van der Waals surface area (Å²) in [6, 6.07) is -0.920. The second-order valence-corrected chi connectivity index (χ2v) is 8.16. The van der Waals surface area contributed by atoms with Gasteiger partial charge in [-0.3, -0.25) is 0 Å². The predicted octanol–water partition coefficient (Wildman–Crippen LogP) is 4.69. The summed E-state index contributed by atoms with van der Waals surface area (Å²) in [6.45, 7) is 4.10. The van der Waals surface area contributed by atoms with Gasteiger partial charge in [-0.1, -0.05) is 97.3 Å². The van der Waals surface area contributed by atoms with E-state index in [1.807, 2.05) is 6.92 Å². The maximum Gasteiger partial charge on any atom is 0.407 e. The second-order valence-electron chi connectivity index (χ2n) is 8.16. The van der Waals surface area contributed by atoms with E-state index < -0.39 is 30.9 Å². The Morgan fingerprint density at radius 3 is 1.76 bits per heavy atom. The van der Waals surface area contributed by atoms with Crippen molar-refractivity contribution in [2.24, 2.45) is 0 Å². The third-order valence-corrected chi connectivity index (χ3v) is 5.39. The van der Waals surface area contributed by atoms with Crippen LogP contribution >= 0.6 is 0 Å². The quantitative estimate of drug-likeness (QED) is 0.215. The maximum absolute atomic E-state index is 11.7. The fourth-order valence-electron chi connectivity index (χ4n) is 3.37. The van der Waals surface area contributed by atoms with Crippen molar-refractivity contribution in [3.05, 3.63) is 0 Å². The molecule has 0 aromatic rings. The number of alkyl carbamates (subject to hydrolysis) is 1. The molecule has 0 radical (unpaired) electrons. The van der Waals surface area contributed by atoms with Crippen LogP contribution in [-0.2, 0) is 4.74 Å². The van der Waals surface area contributed by atoms with Crippen molar-refractivity contribution in [2.45, 2.75) is 128 Å². The number of carbonyl (C=O) groups excluding carboxylic acids is 1. The molecule has 6 heteroatoms. The minimum atomic E-state index is -1.20. The number of nitrogens with one attached hydrogen (secondary N) is 1. The summed E-state index contributed by atoms with van der Waals surface area (Å²) in [6.07, 6.45) is 14.2. The van der Waals surface area contributed by atoms with Crippen molar-refractivity contribution >= 4 is 6.09 Å². The van der Waals surface area contributed by atoms with Gasteiger partial charge in [-0.2, -0.15) is 0 Å². The highest BCUT2D eigenvalue weighted by atomic mass is 16.5. The van der Waals surface area contributed by atoms with Gasteiger partial charge >= 0.3 is 6.09 Å². The van der Waals surface area contributed by atoms with Crippen molar-refractivity contribution in [2.75, 3.05) is 13.2 Å². The lowest BCUT2D eigenvalue weighted by Gasteiger charge is -2.26. The number of hydrogen-bond donors (Lipinski definition) is 4. The maximum atomic E-state index is 11.7. The van der Waals surface area contributed by atoms with Crippen LogP contribution in [0.3, 0.4) is 0 Å². The summed E-state index contributed by atoms with van der Waals surface area (Å²) < 4.78 is 4.97. The Morgan fingerprint density at radius 2 is 1.28 bits per heavy atom. The van der Waals surface area contributed by atoms with Crippen LogP contribution in [0.1, 0.15) is 110 Å². The summed E-state index contributed by atoms with van der Waals surface area (Å²) in [5.41, 5.74) is 0. The fraction of sp³-hybridized carbons (Fsp3) is 0.957. The van der Waals surface area contributed by atoms with Crippen LogP contribution in [0.2, 0.25) is 0 Å². The first-order valence-corrected chi connectivity index (χ1v) is 12.0. The molecule has 174 valence electrons. The minimum Gasteiger partial charge on any atom is -0.450 e. The lowest BCUT2D eigenvalue weighted by molar-refractivity contribution is -0.0209. The molecule has 0 aromatic carbocycles. The highest BCUT2D eigenvalue weighted by Crippen LogP contribution is 2.14. The van der Waals surface area contributed by atoms with E-state index in [0.29, 0.717) is 13.0 Å². The van der Waals surface area contributed by atoms with E-state index in [0.717, 1.165) is 32.1 Å². The van der Waals surface area contributed by atoms with Gasteiger partial charge in [0.15, 0.2) is 0 Å². The Morgan fingerprint density at radius 1 is 0.793 bits per heavy atom. The van der Waals surface area contributed by atoms with Gasteiger partial charge in [0.05, 0.1) is 25.4 Å². The molecule has 0 aliphatic rings. The molecule has 0 aromatic heterocycles. The first-order chi connectivity index (χ1) is 14.1. The van der Waals surface area contributed by atoms with Crippen LogP contribution in [0.15, 0.2) is 0 Å². The highest BCUT2D eigenvalue weighted by molar-refractivity contribution is 5.67. The molecule has 29 heavy (non-hydrogen) atoms. The van der Waals surface area contributed by atoms with Crippen LogP contribution < -0.4 is 5.32 Å². The fourth-order valence-corrected chi connectivity index (χ4v) is 3.37. The Bertz CT molecular complexity index is 367. The number of rotatable bonds is 20. The topological polar surface area (TPSA) is 99.0 Å². The van der Waals surface area contributed by atoms with E-state index in [1.165, 1.54) is 57.8 Å². The van der Waals surface area contributed by atoms with Gasteiger partial charge in [-0.15, -0.1) is 0 Å². The number of ether oxygens (including phenoxy) is 1. The predicted molar refractivity (Wildman–Crippen MR) is 118 cm³/mol. The van der Waals surface area contributed by atoms with E-state index in [4.69, 9.17) is 4.74 Å². The molecule has 0 fully saturated rings. The smallest absolute Gasteiger partial charge is 0.407 e. The van der Waals surface area contributed by atoms with Crippen LogP contribution in [-0.4, -0.2) is 52.9 Å². The number of carbonyl (C=O) groups is 1. The van der Waals surface area contributed by atoms with Crippen molar-refractivity contribution in [3.8, 4) is 0 Å². The molecule has 0 rings (SSSR count). The average Bonchev–Trinajstić information content (AvgIpc) is 2.72. The van der Waals surface area contributed by atoms with Gasteiger partial charge < -0.3 is 25.4 Å². The van der Waals surface area contributed by atoms with Gasteiger partial charge in [-0.05, 0) is 12.8 Å². The third-order valence-electron chi connectivity index (χ3n) is 5.39. The number of amides is 1. The van der Waals surface area contributed by atoms with Gasteiger partial charge in [-0.25, -0.2) is 4.79 Å². The van der Waals surface area contributed by atoms with Crippen molar-refractivity contribution < 1.29 is 24.9 Å². The molecular formula is C23H47NO5. The molecule has 0 saturated heterocycles. The SMILES string of the molecule is CCCCCCCCCCCCCC[C@@H](O)[C@@H](O)[C@H](CO)NC(=O)OCCCC. The van der Waals surface area contributed by atoms with Crippen LogP contribution in [0, 0.1) is 0 Å². The first-order valence-electron chi connectivity index (χ1n) is 12.0. The molecular weight excluding hydrogens is 370 g/mol. The molecule has 6 nitrogen and oxygen atoms in total. The van der Waals surface area contributed by atoms with E-state index >= 15 is 0 Å². The Labute approximate surface area is 178 Å². The van der Waals surface area contributed by atoms with Crippen molar-refractivity contribution in [3.63, 3.8) is 0 Å². The Balaban J connectivity index is 3.72. The van der Waals surface area contributed by atoms with E-state index in [1.54, 1.807) is 0 Å². The molecule has 0 saturated carbocycles. The largest absolute Gasteiger partial charge is 0.450 e. The molecule has 0 bridgehead atoms. The van der Waals surface area contributed by atoms with Crippen LogP contribution in [0.5, 0.6) is 0 Å². The Hall–Kier alpha value is -0.850. The monoisotopic (exact) mass is 417 g/mol. The second kappa shape index (κ2) is 20.4. The van der Waals surface area contributed by atoms with Crippen molar-refractivity contribution in [1.29, 1.82) is 0 Å². The van der Waals surface area contributed by atoms with Gasteiger partial charge in [0.2, 0.25) is 0 Å². The number of unbranched alkanes of at least 4 members (excludes halogenated alkanes) is 12. The molecule has 0 unspecified atom stereocenters. The van der Waals surface area contributed by atoms with Crippen LogP contribution in [0.4, 0.5) is 4.79 Å². The zero-order chi connectivity index (χ0) is 21.7. The van der Waals surface area contributed by atoms with E-state index in [-0.39, 0.29) is 0 Å². The molecule has 3 atom stereocenters. The lowest BCUT2D eigenvalue weighted by Crippen LogP contribution is -2.50. The van der Waals surface area contributed by atoms with Gasteiger partial charge in [0, 0.05) is 0 Å². The van der Waals surface area contributed by atoms with E-state index in [9.17, 15) is 20.1 Å². The normalized spacial score (nSPS) is 14.4. The number of hydrogen-bond acceptors (Lipinski definition) is 5. The van der Waals surface area contributed by atoms with E-state index in [2.05, 4.69) is 12.2 Å². The lowest BCUT2D eigenvalue weighted by atomic mass is 9.99. The molecule has 0 heterocycles. The number of aliphatic hydroxyl groups excluding tert-OH is 3. The summed E-state index contributed by atoms with van der Waals surface area (Å²) in [7, 11) is 0. The zero-order valence-corrected chi connectivity index (χ0v) is 18.9. The average molecular weight is 418 g/mol. The number of aliphatic hydroxyl groups is 3. The Kier molecular flexibility index (Phi) is 19.8. The molecule has 4 N–H and O–H groups in total. The zero-order valence-electron chi connectivity index (χ0n) is 18.9. The molecule has 0 spiro atoms. The van der Waals surface area contributed by atoms with Gasteiger partial charge in [0.25, 0.3) is 0 Å².